The first-order chi connectivity index (χ1) is 10.9. The van der Waals surface area contributed by atoms with Gasteiger partial charge < -0.3 is 15.0 Å². The lowest BCUT2D eigenvalue weighted by atomic mass is 9.82. The van der Waals surface area contributed by atoms with Crippen molar-refractivity contribution in [3.8, 4) is 0 Å². The average Bonchev–Trinajstić information content (AvgIpc) is 2.94. The van der Waals surface area contributed by atoms with E-state index in [1.54, 1.807) is 48.0 Å². The number of nitrogens with one attached hydrogen (secondary N) is 1. The Kier molecular flexibility index (Phi) is 5.11. The van der Waals surface area contributed by atoms with Gasteiger partial charge in [-0.05, 0) is 25.5 Å². The highest BCUT2D eigenvalue weighted by atomic mass is 35.5. The molecule has 122 valence electrons. The van der Waals surface area contributed by atoms with Gasteiger partial charge in [-0.2, -0.15) is 0 Å². The average molecular weight is 335 g/mol. The number of aromatic nitrogens is 1. The number of nitrogens with zero attached hydrogens (tertiary/aromatic N) is 1. The standard InChI is InChI=1S/C17H19ClN2O3/c1-3-20-10-13(18)9-14(20)15(21)19-11-17(2,16(22)23)12-7-5-4-6-8-12/h4-10H,3,11H2,1-2H3,(H,19,21)(H,22,23). The van der Waals surface area contributed by atoms with Gasteiger partial charge in [-0.3, -0.25) is 9.59 Å². The maximum atomic E-state index is 12.4. The van der Waals surface area contributed by atoms with Crippen LogP contribution in [0.25, 0.3) is 0 Å². The Labute approximate surface area is 139 Å². The highest BCUT2D eigenvalue weighted by Crippen LogP contribution is 2.23. The zero-order chi connectivity index (χ0) is 17.0. The third-order valence-electron chi connectivity index (χ3n) is 3.92. The Morgan fingerprint density at radius 1 is 1.30 bits per heavy atom. The molecule has 1 aromatic carbocycles. The molecule has 0 fully saturated rings. The summed E-state index contributed by atoms with van der Waals surface area (Å²) in [5.41, 5.74) is -0.153. The molecule has 0 saturated carbocycles. The van der Waals surface area contributed by atoms with Gasteiger partial charge in [0.25, 0.3) is 5.91 Å². The van der Waals surface area contributed by atoms with Crippen molar-refractivity contribution in [3.05, 3.63) is 58.9 Å². The molecule has 5 nitrogen and oxygen atoms in total. The van der Waals surface area contributed by atoms with Crippen molar-refractivity contribution in [3.63, 3.8) is 0 Å². The van der Waals surface area contributed by atoms with E-state index in [1.165, 1.54) is 0 Å². The molecule has 2 aromatic rings. The van der Waals surface area contributed by atoms with Crippen LogP contribution in [0.1, 0.15) is 29.9 Å². The summed E-state index contributed by atoms with van der Waals surface area (Å²) in [6, 6.07) is 10.4. The molecular weight excluding hydrogens is 316 g/mol. The molecule has 0 aliphatic carbocycles. The van der Waals surface area contributed by atoms with Crippen LogP contribution in [-0.4, -0.2) is 28.1 Å². The number of carbonyl (C=O) groups excluding carboxylic acids is 1. The number of hydrogen-bond donors (Lipinski definition) is 2. The SMILES string of the molecule is CCn1cc(Cl)cc1C(=O)NCC(C)(C(=O)O)c1ccccc1. The van der Waals surface area contributed by atoms with Gasteiger partial charge in [0.2, 0.25) is 0 Å². The molecule has 0 bridgehead atoms. The minimum absolute atomic E-state index is 0.0162. The zero-order valence-corrected chi connectivity index (χ0v) is 13.8. The van der Waals surface area contributed by atoms with Gasteiger partial charge in [-0.15, -0.1) is 0 Å². The molecule has 0 radical (unpaired) electrons. The molecule has 1 aromatic heterocycles. The van der Waals surface area contributed by atoms with Crippen molar-refractivity contribution in [2.24, 2.45) is 0 Å². The van der Waals surface area contributed by atoms with Crippen LogP contribution in [0.15, 0.2) is 42.6 Å². The second-order valence-electron chi connectivity index (χ2n) is 5.52. The number of benzene rings is 1. The number of hydrogen-bond acceptors (Lipinski definition) is 2. The molecule has 0 aliphatic heterocycles. The summed E-state index contributed by atoms with van der Waals surface area (Å²) in [6.45, 7) is 4.08. The Bertz CT molecular complexity index is 712. The predicted molar refractivity (Wildman–Crippen MR) is 88.9 cm³/mol. The lowest BCUT2D eigenvalue weighted by Gasteiger charge is -2.25. The van der Waals surface area contributed by atoms with Crippen LogP contribution in [0.5, 0.6) is 0 Å². The third kappa shape index (κ3) is 3.56. The molecule has 0 aliphatic rings. The monoisotopic (exact) mass is 334 g/mol. The minimum atomic E-state index is -1.20. The van der Waals surface area contributed by atoms with E-state index in [0.717, 1.165) is 0 Å². The Hall–Kier alpha value is -2.27. The van der Waals surface area contributed by atoms with Gasteiger partial charge in [-0.1, -0.05) is 41.9 Å². The largest absolute Gasteiger partial charge is 0.481 e. The van der Waals surface area contributed by atoms with E-state index >= 15 is 0 Å². The van der Waals surface area contributed by atoms with Gasteiger partial charge in [0.05, 0.1) is 5.02 Å². The van der Waals surface area contributed by atoms with E-state index in [2.05, 4.69) is 5.32 Å². The van der Waals surface area contributed by atoms with Crippen LogP contribution in [0, 0.1) is 0 Å². The van der Waals surface area contributed by atoms with Gasteiger partial charge in [-0.25, -0.2) is 0 Å². The zero-order valence-electron chi connectivity index (χ0n) is 13.0. The van der Waals surface area contributed by atoms with Crippen LogP contribution < -0.4 is 5.32 Å². The third-order valence-corrected chi connectivity index (χ3v) is 4.13. The molecule has 6 heteroatoms. The quantitative estimate of drug-likeness (QED) is 0.853. The van der Waals surface area contributed by atoms with Crippen molar-refractivity contribution < 1.29 is 14.7 Å². The maximum Gasteiger partial charge on any atom is 0.315 e. The van der Waals surface area contributed by atoms with Gasteiger partial charge in [0.1, 0.15) is 11.1 Å². The fourth-order valence-corrected chi connectivity index (χ4v) is 2.60. The minimum Gasteiger partial charge on any atom is -0.481 e. The fraction of sp³-hybridized carbons (Fsp3) is 0.294. The normalized spacial score (nSPS) is 13.3. The molecular formula is C17H19ClN2O3. The molecule has 1 unspecified atom stereocenters. The summed E-state index contributed by atoms with van der Waals surface area (Å²) < 4.78 is 1.72. The van der Waals surface area contributed by atoms with Crippen LogP contribution in [0.3, 0.4) is 0 Å². The van der Waals surface area contributed by atoms with E-state index < -0.39 is 11.4 Å². The van der Waals surface area contributed by atoms with Crippen LogP contribution >= 0.6 is 11.6 Å². The summed E-state index contributed by atoms with van der Waals surface area (Å²) in [4.78, 5) is 24.1. The van der Waals surface area contributed by atoms with E-state index in [0.29, 0.717) is 22.8 Å². The summed E-state index contributed by atoms with van der Waals surface area (Å²) in [5, 5.41) is 12.8. The Balaban J connectivity index is 2.19. The van der Waals surface area contributed by atoms with Gasteiger partial charge in [0.15, 0.2) is 0 Å². The molecule has 1 heterocycles. The summed E-state index contributed by atoms with van der Waals surface area (Å²) in [5.74, 6) is -1.34. The molecule has 0 saturated heterocycles. The van der Waals surface area contributed by atoms with Crippen LogP contribution in [-0.2, 0) is 16.8 Å². The number of aliphatic carboxylic acids is 1. The Morgan fingerprint density at radius 3 is 2.52 bits per heavy atom. The number of carboxylic acids is 1. The van der Waals surface area contributed by atoms with Crippen molar-refractivity contribution >= 4 is 23.5 Å². The van der Waals surface area contributed by atoms with Gasteiger partial charge >= 0.3 is 5.97 Å². The lowest BCUT2D eigenvalue weighted by Crippen LogP contribution is -2.44. The van der Waals surface area contributed by atoms with E-state index in [9.17, 15) is 14.7 Å². The van der Waals surface area contributed by atoms with Crippen molar-refractivity contribution in [2.45, 2.75) is 25.8 Å². The summed E-state index contributed by atoms with van der Waals surface area (Å²) in [6.07, 6.45) is 1.67. The number of rotatable bonds is 6. The molecule has 1 atom stereocenters. The molecule has 2 rings (SSSR count). The van der Waals surface area contributed by atoms with E-state index in [4.69, 9.17) is 11.6 Å². The number of halogens is 1. The molecule has 0 spiro atoms. The topological polar surface area (TPSA) is 71.3 Å². The smallest absolute Gasteiger partial charge is 0.315 e. The second-order valence-corrected chi connectivity index (χ2v) is 5.95. The van der Waals surface area contributed by atoms with E-state index in [1.807, 2.05) is 13.0 Å². The lowest BCUT2D eigenvalue weighted by molar-refractivity contribution is -0.142. The number of carbonyl (C=O) groups is 2. The van der Waals surface area contributed by atoms with Crippen molar-refractivity contribution in [1.82, 2.24) is 9.88 Å². The molecule has 1 amide bonds. The number of aryl methyl sites for hydroxylation is 1. The van der Waals surface area contributed by atoms with E-state index in [-0.39, 0.29) is 12.5 Å². The number of amides is 1. The first kappa shape index (κ1) is 17.1. The van der Waals surface area contributed by atoms with Crippen LogP contribution in [0.2, 0.25) is 5.02 Å². The number of carboxylic acid groups (broad SMARTS) is 1. The van der Waals surface area contributed by atoms with Crippen molar-refractivity contribution in [1.29, 1.82) is 0 Å². The first-order valence-corrected chi connectivity index (χ1v) is 7.69. The summed E-state index contributed by atoms with van der Waals surface area (Å²) in [7, 11) is 0. The second kappa shape index (κ2) is 6.87. The highest BCUT2D eigenvalue weighted by Gasteiger charge is 2.35. The fourth-order valence-electron chi connectivity index (χ4n) is 2.38. The molecule has 2 N–H and O–H groups in total. The first-order valence-electron chi connectivity index (χ1n) is 7.31. The predicted octanol–water partition coefficient (Wildman–Crippen LogP) is 2.93. The molecule has 23 heavy (non-hydrogen) atoms. The highest BCUT2D eigenvalue weighted by molar-refractivity contribution is 6.31. The summed E-state index contributed by atoms with van der Waals surface area (Å²) >= 11 is 5.93. The maximum absolute atomic E-state index is 12.4. The van der Waals surface area contributed by atoms with Crippen molar-refractivity contribution in [2.75, 3.05) is 6.54 Å². The van der Waals surface area contributed by atoms with Crippen LogP contribution in [0.4, 0.5) is 0 Å². The Morgan fingerprint density at radius 2 is 1.96 bits per heavy atom. The van der Waals surface area contributed by atoms with Gasteiger partial charge in [0, 0.05) is 19.3 Å².